The number of carbonyl (C=O) groups excluding carboxylic acids is 2. The fraction of sp³-hybridized carbons (Fsp3) is 0.333. The highest BCUT2D eigenvalue weighted by Crippen LogP contribution is 2.35. The first kappa shape index (κ1) is 17.4. The molecule has 3 rings (SSSR count). The molecule has 2 amide bonds. The molecule has 2 aromatic rings. The molecule has 2 N–H and O–H groups in total. The molecule has 0 saturated carbocycles. The molecule has 25 heavy (non-hydrogen) atoms. The van der Waals surface area contributed by atoms with E-state index in [4.69, 9.17) is 17.3 Å². The van der Waals surface area contributed by atoms with E-state index in [0.717, 1.165) is 5.56 Å². The maximum Gasteiger partial charge on any atom is 0.257 e. The van der Waals surface area contributed by atoms with E-state index < -0.39 is 11.3 Å². The van der Waals surface area contributed by atoms with E-state index in [9.17, 15) is 9.59 Å². The van der Waals surface area contributed by atoms with Gasteiger partial charge in [-0.1, -0.05) is 23.7 Å². The van der Waals surface area contributed by atoms with Gasteiger partial charge in [-0.15, -0.1) is 0 Å². The summed E-state index contributed by atoms with van der Waals surface area (Å²) in [5, 5.41) is 0.636. The molecule has 7 heteroatoms. The van der Waals surface area contributed by atoms with Crippen molar-refractivity contribution in [3.63, 3.8) is 0 Å². The summed E-state index contributed by atoms with van der Waals surface area (Å²) in [6, 6.07) is 7.30. The van der Waals surface area contributed by atoms with Gasteiger partial charge in [0.1, 0.15) is 6.33 Å². The Morgan fingerprint density at radius 3 is 2.24 bits per heavy atom. The largest absolute Gasteiger partial charge is 0.369 e. The van der Waals surface area contributed by atoms with E-state index in [1.54, 1.807) is 30.9 Å². The van der Waals surface area contributed by atoms with Gasteiger partial charge < -0.3 is 10.6 Å². The first-order valence-corrected chi connectivity index (χ1v) is 8.32. The molecule has 0 unspecified atom stereocenters. The van der Waals surface area contributed by atoms with Gasteiger partial charge in [-0.25, -0.2) is 9.97 Å². The minimum atomic E-state index is -0.749. The number of rotatable bonds is 4. The van der Waals surface area contributed by atoms with Gasteiger partial charge in [0.25, 0.3) is 5.91 Å². The topological polar surface area (TPSA) is 89.2 Å². The van der Waals surface area contributed by atoms with Gasteiger partial charge >= 0.3 is 0 Å². The predicted octanol–water partition coefficient (Wildman–Crippen LogP) is 1.92. The minimum absolute atomic E-state index is 0.163. The van der Waals surface area contributed by atoms with Crippen LogP contribution in [0, 0.1) is 19.3 Å². The number of benzene rings is 1. The van der Waals surface area contributed by atoms with Crippen LogP contribution >= 0.6 is 11.6 Å². The summed E-state index contributed by atoms with van der Waals surface area (Å²) >= 11 is 5.90. The Labute approximate surface area is 151 Å². The SMILES string of the molecule is Cc1ncnc(C)c1C(=O)N1CC(Cc2ccc(Cl)cc2)(C(N)=O)C1. The van der Waals surface area contributed by atoms with E-state index in [1.807, 2.05) is 12.1 Å². The minimum Gasteiger partial charge on any atom is -0.369 e. The molecule has 1 fully saturated rings. The summed E-state index contributed by atoms with van der Waals surface area (Å²) in [4.78, 5) is 34.6. The number of halogens is 1. The molecule has 1 aromatic carbocycles. The van der Waals surface area contributed by atoms with Gasteiger partial charge in [0.2, 0.25) is 5.91 Å². The number of nitrogens with zero attached hydrogens (tertiary/aromatic N) is 3. The second kappa shape index (κ2) is 6.44. The maximum atomic E-state index is 12.8. The Morgan fingerprint density at radius 2 is 1.72 bits per heavy atom. The van der Waals surface area contributed by atoms with Crippen LogP contribution in [0.1, 0.15) is 27.3 Å². The molecule has 1 aliphatic heterocycles. The Hall–Kier alpha value is -2.47. The first-order chi connectivity index (χ1) is 11.8. The second-order valence-corrected chi connectivity index (χ2v) is 6.96. The van der Waals surface area contributed by atoms with Crippen LogP contribution in [0.3, 0.4) is 0 Å². The smallest absolute Gasteiger partial charge is 0.257 e. The van der Waals surface area contributed by atoms with Crippen LogP contribution < -0.4 is 5.73 Å². The van der Waals surface area contributed by atoms with Crippen molar-refractivity contribution >= 4 is 23.4 Å². The summed E-state index contributed by atoms with van der Waals surface area (Å²) < 4.78 is 0. The number of amides is 2. The van der Waals surface area contributed by atoms with Crippen LogP contribution in [0.25, 0.3) is 0 Å². The zero-order valence-corrected chi connectivity index (χ0v) is 14.9. The highest BCUT2D eigenvalue weighted by atomic mass is 35.5. The van der Waals surface area contributed by atoms with Gasteiger partial charge in [0.15, 0.2) is 0 Å². The maximum absolute atomic E-state index is 12.8. The molecule has 0 spiro atoms. The van der Waals surface area contributed by atoms with Gasteiger partial charge in [0, 0.05) is 18.1 Å². The van der Waals surface area contributed by atoms with Crippen LogP contribution in [-0.4, -0.2) is 39.8 Å². The Balaban J connectivity index is 1.78. The van der Waals surface area contributed by atoms with Gasteiger partial charge in [-0.3, -0.25) is 9.59 Å². The molecule has 6 nitrogen and oxygen atoms in total. The highest BCUT2D eigenvalue weighted by molar-refractivity contribution is 6.30. The third-order valence-electron chi connectivity index (χ3n) is 4.69. The number of nitrogens with two attached hydrogens (primary N) is 1. The molecule has 1 aromatic heterocycles. The van der Waals surface area contributed by atoms with Crippen molar-refractivity contribution in [2.75, 3.05) is 13.1 Å². The van der Waals surface area contributed by atoms with E-state index >= 15 is 0 Å². The van der Waals surface area contributed by atoms with Gasteiger partial charge in [-0.2, -0.15) is 0 Å². The van der Waals surface area contributed by atoms with Crippen molar-refractivity contribution in [3.8, 4) is 0 Å². The van der Waals surface area contributed by atoms with Crippen LogP contribution in [0.5, 0.6) is 0 Å². The second-order valence-electron chi connectivity index (χ2n) is 6.53. The summed E-state index contributed by atoms with van der Waals surface area (Å²) in [7, 11) is 0. The average molecular weight is 359 g/mol. The van der Waals surface area contributed by atoms with Gasteiger partial charge in [-0.05, 0) is 38.0 Å². The molecule has 1 aliphatic rings. The van der Waals surface area contributed by atoms with Crippen molar-refractivity contribution in [3.05, 3.63) is 58.1 Å². The number of aromatic nitrogens is 2. The molecule has 0 radical (unpaired) electrons. The zero-order valence-electron chi connectivity index (χ0n) is 14.1. The standard InChI is InChI=1S/C18H19ClN4O2/c1-11-15(12(2)22-10-21-11)16(24)23-8-18(9-23,17(20)25)7-13-3-5-14(19)6-4-13/h3-6,10H,7-9H2,1-2H3,(H2,20,25). The van der Waals surface area contributed by atoms with Crippen molar-refractivity contribution in [1.29, 1.82) is 0 Å². The highest BCUT2D eigenvalue weighted by Gasteiger charge is 2.50. The lowest BCUT2D eigenvalue weighted by Crippen LogP contribution is -2.65. The third-order valence-corrected chi connectivity index (χ3v) is 4.94. The lowest BCUT2D eigenvalue weighted by atomic mass is 9.73. The lowest BCUT2D eigenvalue weighted by Gasteiger charge is -2.48. The van der Waals surface area contributed by atoms with Crippen LogP contribution in [0.2, 0.25) is 5.02 Å². The molecule has 0 bridgehead atoms. The third kappa shape index (κ3) is 3.22. The number of primary amides is 1. The average Bonchev–Trinajstić information content (AvgIpc) is 2.51. The molecule has 0 aliphatic carbocycles. The number of hydrogen-bond acceptors (Lipinski definition) is 4. The summed E-state index contributed by atoms with van der Waals surface area (Å²) in [5.41, 5.74) is 7.61. The summed E-state index contributed by atoms with van der Waals surface area (Å²) in [5.74, 6) is -0.562. The van der Waals surface area contributed by atoms with Crippen LogP contribution in [0.4, 0.5) is 0 Å². The number of aryl methyl sites for hydroxylation is 2. The van der Waals surface area contributed by atoms with Gasteiger partial charge in [0.05, 0.1) is 22.4 Å². The fourth-order valence-electron chi connectivity index (χ4n) is 3.24. The van der Waals surface area contributed by atoms with E-state index in [-0.39, 0.29) is 19.0 Å². The lowest BCUT2D eigenvalue weighted by molar-refractivity contribution is -0.135. The zero-order chi connectivity index (χ0) is 18.2. The Kier molecular flexibility index (Phi) is 4.47. The number of hydrogen-bond donors (Lipinski definition) is 1. The monoisotopic (exact) mass is 358 g/mol. The van der Waals surface area contributed by atoms with E-state index in [0.29, 0.717) is 28.4 Å². The molecular formula is C18H19ClN4O2. The van der Waals surface area contributed by atoms with Crippen molar-refractivity contribution in [1.82, 2.24) is 14.9 Å². The molecule has 130 valence electrons. The Bertz CT molecular complexity index is 809. The van der Waals surface area contributed by atoms with Crippen LogP contribution in [-0.2, 0) is 11.2 Å². The molecule has 2 heterocycles. The first-order valence-electron chi connectivity index (χ1n) is 7.94. The van der Waals surface area contributed by atoms with E-state index in [1.165, 1.54) is 6.33 Å². The normalized spacial score (nSPS) is 15.6. The Morgan fingerprint density at radius 1 is 1.16 bits per heavy atom. The van der Waals surface area contributed by atoms with Crippen LogP contribution in [0.15, 0.2) is 30.6 Å². The van der Waals surface area contributed by atoms with E-state index in [2.05, 4.69) is 9.97 Å². The summed E-state index contributed by atoms with van der Waals surface area (Å²) in [6.45, 7) is 4.13. The predicted molar refractivity (Wildman–Crippen MR) is 94.2 cm³/mol. The quantitative estimate of drug-likeness (QED) is 0.904. The number of likely N-dealkylation sites (tertiary alicyclic amines) is 1. The van der Waals surface area contributed by atoms with Crippen molar-refractivity contribution in [2.45, 2.75) is 20.3 Å². The van der Waals surface area contributed by atoms with Crippen molar-refractivity contribution in [2.24, 2.45) is 11.1 Å². The molecule has 1 saturated heterocycles. The van der Waals surface area contributed by atoms with Crippen molar-refractivity contribution < 1.29 is 9.59 Å². The molecule has 0 atom stereocenters. The molecular weight excluding hydrogens is 340 g/mol. The summed E-state index contributed by atoms with van der Waals surface area (Å²) in [6.07, 6.45) is 1.92. The fourth-order valence-corrected chi connectivity index (χ4v) is 3.36. The number of carbonyl (C=O) groups is 2.